The highest BCUT2D eigenvalue weighted by atomic mass is 16.6. The van der Waals surface area contributed by atoms with E-state index in [2.05, 4.69) is 13.8 Å². The molecule has 0 aliphatic heterocycles. The van der Waals surface area contributed by atoms with E-state index in [1.54, 1.807) is 0 Å². The SMILES string of the molecule is CCCCCCCCCCCCCCCC(=O)OC1CC=CCC1OC(=O)CCCCCCCCCCCCCCC. The third-order valence-corrected chi connectivity index (χ3v) is 8.85. The Labute approximate surface area is 261 Å². The van der Waals surface area contributed by atoms with E-state index in [1.165, 1.54) is 141 Å². The second-order valence-corrected chi connectivity index (χ2v) is 13.0. The molecule has 42 heavy (non-hydrogen) atoms. The summed E-state index contributed by atoms with van der Waals surface area (Å²) in [5.41, 5.74) is 0. The van der Waals surface area contributed by atoms with Crippen LogP contribution in [0, 0.1) is 0 Å². The van der Waals surface area contributed by atoms with Crippen LogP contribution >= 0.6 is 0 Å². The van der Waals surface area contributed by atoms with E-state index in [9.17, 15) is 9.59 Å². The first kappa shape index (κ1) is 38.7. The number of unbranched alkanes of at least 4 members (excludes halogenated alkanes) is 24. The molecular formula is C38H70O4. The summed E-state index contributed by atoms with van der Waals surface area (Å²) in [6, 6.07) is 0. The van der Waals surface area contributed by atoms with Crippen molar-refractivity contribution in [3.8, 4) is 0 Å². The van der Waals surface area contributed by atoms with Crippen molar-refractivity contribution < 1.29 is 19.1 Å². The maximum absolute atomic E-state index is 12.5. The van der Waals surface area contributed by atoms with Crippen LogP contribution < -0.4 is 0 Å². The molecular weight excluding hydrogens is 520 g/mol. The van der Waals surface area contributed by atoms with Crippen LogP contribution in [0.25, 0.3) is 0 Å². The lowest BCUT2D eigenvalue weighted by Crippen LogP contribution is -2.36. The average Bonchev–Trinajstić information content (AvgIpc) is 2.99. The molecule has 0 saturated carbocycles. The molecule has 4 nitrogen and oxygen atoms in total. The van der Waals surface area contributed by atoms with Crippen molar-refractivity contribution in [1.29, 1.82) is 0 Å². The van der Waals surface area contributed by atoms with Gasteiger partial charge in [0.05, 0.1) is 0 Å². The fraction of sp³-hybridized carbons (Fsp3) is 0.895. The van der Waals surface area contributed by atoms with Crippen LogP contribution in [0.1, 0.15) is 206 Å². The highest BCUT2D eigenvalue weighted by Gasteiger charge is 2.29. The van der Waals surface area contributed by atoms with Gasteiger partial charge in [0.25, 0.3) is 0 Å². The van der Waals surface area contributed by atoms with Crippen LogP contribution in [0.4, 0.5) is 0 Å². The number of rotatable bonds is 30. The lowest BCUT2D eigenvalue weighted by molar-refractivity contribution is -0.168. The number of ether oxygens (including phenoxy) is 2. The minimum absolute atomic E-state index is 0.143. The Morgan fingerprint density at radius 3 is 0.929 bits per heavy atom. The maximum Gasteiger partial charge on any atom is 0.306 e. The predicted octanol–water partition coefficient (Wildman–Crippen LogP) is 12.1. The maximum atomic E-state index is 12.5. The summed E-state index contributed by atoms with van der Waals surface area (Å²) in [6.07, 6.45) is 39.3. The zero-order valence-corrected chi connectivity index (χ0v) is 28.2. The summed E-state index contributed by atoms with van der Waals surface area (Å²) in [4.78, 5) is 24.9. The lowest BCUT2D eigenvalue weighted by atomic mass is 10.0. The molecule has 0 saturated heterocycles. The fourth-order valence-electron chi connectivity index (χ4n) is 6.04. The number of hydrogen-bond donors (Lipinski definition) is 0. The number of esters is 2. The van der Waals surface area contributed by atoms with Crippen LogP contribution in [0.5, 0.6) is 0 Å². The first-order valence-electron chi connectivity index (χ1n) is 18.7. The van der Waals surface area contributed by atoms with Crippen LogP contribution in [0.2, 0.25) is 0 Å². The largest absolute Gasteiger partial charge is 0.458 e. The van der Waals surface area contributed by atoms with Gasteiger partial charge in [-0.2, -0.15) is 0 Å². The summed E-state index contributed by atoms with van der Waals surface area (Å²) < 4.78 is 11.5. The summed E-state index contributed by atoms with van der Waals surface area (Å²) in [5, 5.41) is 0. The summed E-state index contributed by atoms with van der Waals surface area (Å²) >= 11 is 0. The summed E-state index contributed by atoms with van der Waals surface area (Å²) in [5.74, 6) is -0.285. The van der Waals surface area contributed by atoms with Crippen molar-refractivity contribution in [3.63, 3.8) is 0 Å². The van der Waals surface area contributed by atoms with E-state index in [0.29, 0.717) is 25.7 Å². The predicted molar refractivity (Wildman–Crippen MR) is 179 cm³/mol. The van der Waals surface area contributed by atoms with Gasteiger partial charge in [0, 0.05) is 25.7 Å². The molecule has 246 valence electrons. The Morgan fingerprint density at radius 2 is 0.667 bits per heavy atom. The molecule has 0 spiro atoms. The van der Waals surface area contributed by atoms with Gasteiger partial charge in [-0.25, -0.2) is 0 Å². The monoisotopic (exact) mass is 591 g/mol. The van der Waals surface area contributed by atoms with Crippen molar-refractivity contribution in [2.75, 3.05) is 0 Å². The molecule has 0 aromatic heterocycles. The lowest BCUT2D eigenvalue weighted by Gasteiger charge is -2.28. The molecule has 0 heterocycles. The molecule has 1 rings (SSSR count). The van der Waals surface area contributed by atoms with E-state index in [0.717, 1.165) is 25.7 Å². The highest BCUT2D eigenvalue weighted by Crippen LogP contribution is 2.21. The van der Waals surface area contributed by atoms with Gasteiger partial charge in [-0.3, -0.25) is 9.59 Å². The summed E-state index contributed by atoms with van der Waals surface area (Å²) in [6.45, 7) is 4.54. The molecule has 0 fully saturated rings. The van der Waals surface area contributed by atoms with Gasteiger partial charge in [-0.15, -0.1) is 0 Å². The van der Waals surface area contributed by atoms with Crippen LogP contribution in [0.3, 0.4) is 0 Å². The first-order valence-corrected chi connectivity index (χ1v) is 18.7. The molecule has 0 radical (unpaired) electrons. The molecule has 0 aromatic rings. The van der Waals surface area contributed by atoms with Crippen molar-refractivity contribution in [2.45, 2.75) is 219 Å². The number of carbonyl (C=O) groups is 2. The molecule has 4 heteroatoms. The van der Waals surface area contributed by atoms with E-state index in [1.807, 2.05) is 12.2 Å². The van der Waals surface area contributed by atoms with E-state index in [-0.39, 0.29) is 24.1 Å². The van der Waals surface area contributed by atoms with Crippen LogP contribution in [-0.2, 0) is 19.1 Å². The highest BCUT2D eigenvalue weighted by molar-refractivity contribution is 5.70. The Bertz CT molecular complexity index is 589. The third-order valence-electron chi connectivity index (χ3n) is 8.85. The average molecular weight is 591 g/mol. The molecule has 1 aliphatic rings. The Kier molecular flexibility index (Phi) is 27.4. The third kappa shape index (κ3) is 24.2. The molecule has 0 aromatic carbocycles. The van der Waals surface area contributed by atoms with Crippen molar-refractivity contribution in [3.05, 3.63) is 12.2 Å². The molecule has 1 aliphatic carbocycles. The Morgan fingerprint density at radius 1 is 0.429 bits per heavy atom. The van der Waals surface area contributed by atoms with E-state index >= 15 is 0 Å². The van der Waals surface area contributed by atoms with E-state index < -0.39 is 0 Å². The van der Waals surface area contributed by atoms with Gasteiger partial charge in [0.1, 0.15) is 12.2 Å². The standard InChI is InChI=1S/C38H70O4/c1-3-5-7-9-11-13-15-17-19-21-23-25-27-33-37(39)41-35-31-29-30-32-36(35)42-38(40)34-28-26-24-22-20-18-16-14-12-10-8-6-4-2/h29-30,35-36H,3-28,31-34H2,1-2H3. The second kappa shape index (κ2) is 29.7. The normalized spacial score (nSPS) is 16.5. The zero-order chi connectivity index (χ0) is 30.4. The minimum atomic E-state index is -0.333. The van der Waals surface area contributed by atoms with E-state index in [4.69, 9.17) is 9.47 Å². The number of carbonyl (C=O) groups excluding carboxylic acids is 2. The fourth-order valence-corrected chi connectivity index (χ4v) is 6.04. The molecule has 2 unspecified atom stereocenters. The van der Waals surface area contributed by atoms with Gasteiger partial charge in [0.15, 0.2) is 0 Å². The minimum Gasteiger partial charge on any atom is -0.458 e. The van der Waals surface area contributed by atoms with Gasteiger partial charge in [-0.1, -0.05) is 180 Å². The quantitative estimate of drug-likeness (QED) is 0.0474. The molecule has 0 N–H and O–H groups in total. The van der Waals surface area contributed by atoms with Crippen molar-refractivity contribution >= 4 is 11.9 Å². The first-order chi connectivity index (χ1) is 20.7. The molecule has 0 amide bonds. The van der Waals surface area contributed by atoms with Gasteiger partial charge >= 0.3 is 11.9 Å². The van der Waals surface area contributed by atoms with Crippen LogP contribution in [0.15, 0.2) is 12.2 Å². The molecule has 2 atom stereocenters. The smallest absolute Gasteiger partial charge is 0.306 e. The van der Waals surface area contributed by atoms with Gasteiger partial charge < -0.3 is 9.47 Å². The second-order valence-electron chi connectivity index (χ2n) is 13.0. The zero-order valence-electron chi connectivity index (χ0n) is 28.2. The van der Waals surface area contributed by atoms with Crippen LogP contribution in [-0.4, -0.2) is 24.1 Å². The molecule has 0 bridgehead atoms. The van der Waals surface area contributed by atoms with Gasteiger partial charge in [-0.05, 0) is 12.8 Å². The van der Waals surface area contributed by atoms with Gasteiger partial charge in [0.2, 0.25) is 0 Å². The Hall–Kier alpha value is -1.32. The van der Waals surface area contributed by atoms with Crippen molar-refractivity contribution in [2.24, 2.45) is 0 Å². The Balaban J connectivity index is 2.00. The summed E-state index contributed by atoms with van der Waals surface area (Å²) in [7, 11) is 0. The van der Waals surface area contributed by atoms with Crippen molar-refractivity contribution in [1.82, 2.24) is 0 Å². The number of hydrogen-bond acceptors (Lipinski definition) is 4. The topological polar surface area (TPSA) is 52.6 Å².